The van der Waals surface area contributed by atoms with Gasteiger partial charge in [-0.2, -0.15) is 0 Å². The fourth-order valence-corrected chi connectivity index (χ4v) is 1.88. The Balaban J connectivity index is 2.61. The minimum absolute atomic E-state index is 0.00148. The smallest absolute Gasteiger partial charge is 0.148 e. The van der Waals surface area contributed by atoms with E-state index in [1.165, 1.54) is 12.1 Å². The monoisotopic (exact) mass is 331 g/mol. The maximum absolute atomic E-state index is 13.8. The number of aromatic nitrogens is 1. The Morgan fingerprint density at radius 2 is 1.94 bits per heavy atom. The third kappa shape index (κ3) is 2.07. The van der Waals surface area contributed by atoms with Gasteiger partial charge in [0, 0.05) is 11.8 Å². The van der Waals surface area contributed by atoms with Crippen LogP contribution in [0.1, 0.15) is 5.56 Å². The van der Waals surface area contributed by atoms with Crippen molar-refractivity contribution >= 4 is 22.6 Å². The molecule has 0 aliphatic carbocycles. The number of hydrogen-bond donors (Lipinski definition) is 0. The summed E-state index contributed by atoms with van der Waals surface area (Å²) in [7, 11) is 0. The molecular weight excluding hydrogens is 323 g/mol. The average Bonchev–Trinajstić information content (AvgIpc) is 2.26. The van der Waals surface area contributed by atoms with Crippen LogP contribution in [-0.2, 0) is 0 Å². The van der Waals surface area contributed by atoms with Crippen molar-refractivity contribution in [2.24, 2.45) is 0 Å². The summed E-state index contributed by atoms with van der Waals surface area (Å²) in [6.45, 7) is 1.90. The molecule has 0 fully saturated rings. The van der Waals surface area contributed by atoms with Gasteiger partial charge in [0.2, 0.25) is 0 Å². The first-order valence-corrected chi connectivity index (χ1v) is 5.74. The van der Waals surface area contributed by atoms with Gasteiger partial charge in [-0.05, 0) is 59.3 Å². The molecule has 0 unspecified atom stereocenters. The van der Waals surface area contributed by atoms with Crippen LogP contribution >= 0.6 is 22.6 Å². The topological polar surface area (TPSA) is 12.9 Å². The number of nitrogens with zero attached hydrogens (tertiary/aromatic N) is 1. The Morgan fingerprint density at radius 3 is 2.62 bits per heavy atom. The highest BCUT2D eigenvalue weighted by molar-refractivity contribution is 14.1. The molecule has 4 heteroatoms. The lowest BCUT2D eigenvalue weighted by molar-refractivity contribution is 0.572. The normalized spacial score (nSPS) is 10.5. The highest BCUT2D eigenvalue weighted by atomic mass is 127. The molecule has 0 amide bonds. The quantitative estimate of drug-likeness (QED) is 0.570. The van der Waals surface area contributed by atoms with Gasteiger partial charge >= 0.3 is 0 Å². The predicted molar refractivity (Wildman–Crippen MR) is 67.0 cm³/mol. The van der Waals surface area contributed by atoms with Gasteiger partial charge in [0.25, 0.3) is 0 Å². The molecule has 2 rings (SSSR count). The summed E-state index contributed by atoms with van der Waals surface area (Å²) in [5, 5.41) is 0. The maximum Gasteiger partial charge on any atom is 0.148 e. The first-order chi connectivity index (χ1) is 7.59. The third-order valence-corrected chi connectivity index (χ3v) is 3.22. The van der Waals surface area contributed by atoms with E-state index in [-0.39, 0.29) is 3.57 Å². The fraction of sp³-hybridized carbons (Fsp3) is 0.0833. The number of halogens is 3. The lowest BCUT2D eigenvalue weighted by Crippen LogP contribution is -1.94. The zero-order valence-corrected chi connectivity index (χ0v) is 10.6. The molecule has 0 bridgehead atoms. The second kappa shape index (κ2) is 4.45. The lowest BCUT2D eigenvalue weighted by Gasteiger charge is -2.05. The van der Waals surface area contributed by atoms with Crippen molar-refractivity contribution in [2.75, 3.05) is 0 Å². The summed E-state index contributed by atoms with van der Waals surface area (Å²) in [4.78, 5) is 4.08. The molecule has 1 aromatic heterocycles. The summed E-state index contributed by atoms with van der Waals surface area (Å²) in [6, 6.07) is 6.26. The molecule has 0 aliphatic rings. The largest absolute Gasteiger partial charge is 0.256 e. The van der Waals surface area contributed by atoms with E-state index in [9.17, 15) is 8.78 Å². The van der Waals surface area contributed by atoms with Crippen molar-refractivity contribution in [2.45, 2.75) is 6.92 Å². The van der Waals surface area contributed by atoms with Crippen LogP contribution in [0.3, 0.4) is 0 Å². The molecule has 1 heterocycles. The van der Waals surface area contributed by atoms with Gasteiger partial charge in [-0.3, -0.25) is 4.98 Å². The van der Waals surface area contributed by atoms with E-state index in [4.69, 9.17) is 0 Å². The van der Waals surface area contributed by atoms with Crippen LogP contribution in [0.4, 0.5) is 8.78 Å². The minimum atomic E-state index is -0.557. The van der Waals surface area contributed by atoms with Crippen molar-refractivity contribution in [1.82, 2.24) is 4.98 Å². The number of rotatable bonds is 1. The molecule has 0 radical (unpaired) electrons. The zero-order chi connectivity index (χ0) is 11.7. The summed E-state index contributed by atoms with van der Waals surface area (Å²) < 4.78 is 26.9. The van der Waals surface area contributed by atoms with Crippen molar-refractivity contribution in [1.29, 1.82) is 0 Å². The van der Waals surface area contributed by atoms with Crippen LogP contribution in [0.5, 0.6) is 0 Å². The van der Waals surface area contributed by atoms with Crippen molar-refractivity contribution in [3.8, 4) is 11.3 Å². The highest BCUT2D eigenvalue weighted by Crippen LogP contribution is 2.26. The Hall–Kier alpha value is -1.04. The van der Waals surface area contributed by atoms with Gasteiger partial charge in [-0.15, -0.1) is 0 Å². The van der Waals surface area contributed by atoms with Gasteiger partial charge in [0.1, 0.15) is 11.6 Å². The molecule has 0 saturated heterocycles. The lowest BCUT2D eigenvalue weighted by atomic mass is 10.1. The molecule has 1 aromatic carbocycles. The SMILES string of the molecule is Cc1ccnc(-c2ccc(F)c(I)c2F)c1. The standard InChI is InChI=1S/C12H8F2IN/c1-7-4-5-16-10(6-7)8-2-3-9(13)12(15)11(8)14/h2-6H,1H3. The van der Waals surface area contributed by atoms with Gasteiger partial charge in [-0.25, -0.2) is 8.78 Å². The van der Waals surface area contributed by atoms with E-state index in [0.717, 1.165) is 5.56 Å². The Bertz CT molecular complexity index is 541. The van der Waals surface area contributed by atoms with Crippen LogP contribution < -0.4 is 0 Å². The summed E-state index contributed by atoms with van der Waals surface area (Å²) in [5.74, 6) is -1.10. The minimum Gasteiger partial charge on any atom is -0.256 e. The highest BCUT2D eigenvalue weighted by Gasteiger charge is 2.13. The van der Waals surface area contributed by atoms with Crippen molar-refractivity contribution in [3.63, 3.8) is 0 Å². The van der Waals surface area contributed by atoms with Gasteiger partial charge < -0.3 is 0 Å². The first kappa shape index (κ1) is 11.4. The van der Waals surface area contributed by atoms with Crippen LogP contribution in [0.25, 0.3) is 11.3 Å². The zero-order valence-electron chi connectivity index (χ0n) is 8.47. The van der Waals surface area contributed by atoms with E-state index in [0.29, 0.717) is 11.3 Å². The molecule has 0 aliphatic heterocycles. The number of pyridine rings is 1. The van der Waals surface area contributed by atoms with Gasteiger partial charge in [-0.1, -0.05) is 0 Å². The predicted octanol–water partition coefficient (Wildman–Crippen LogP) is 3.94. The number of hydrogen-bond acceptors (Lipinski definition) is 1. The molecule has 0 N–H and O–H groups in total. The van der Waals surface area contributed by atoms with Crippen LogP contribution in [-0.4, -0.2) is 4.98 Å². The molecule has 82 valence electrons. The third-order valence-electron chi connectivity index (χ3n) is 2.23. The van der Waals surface area contributed by atoms with E-state index in [2.05, 4.69) is 4.98 Å². The summed E-state index contributed by atoms with van der Waals surface area (Å²) >= 11 is 1.65. The first-order valence-electron chi connectivity index (χ1n) is 4.66. The average molecular weight is 331 g/mol. The molecule has 0 spiro atoms. The Labute approximate surface area is 106 Å². The van der Waals surface area contributed by atoms with Crippen LogP contribution in [0, 0.1) is 22.1 Å². The van der Waals surface area contributed by atoms with Crippen LogP contribution in [0.15, 0.2) is 30.5 Å². The van der Waals surface area contributed by atoms with E-state index >= 15 is 0 Å². The fourth-order valence-electron chi connectivity index (χ4n) is 1.41. The molecule has 0 atom stereocenters. The molecule has 0 saturated carbocycles. The van der Waals surface area contributed by atoms with Gasteiger partial charge in [0.15, 0.2) is 0 Å². The van der Waals surface area contributed by atoms with E-state index < -0.39 is 11.6 Å². The summed E-state index contributed by atoms with van der Waals surface area (Å²) in [5.41, 5.74) is 1.84. The second-order valence-corrected chi connectivity index (χ2v) is 4.52. The second-order valence-electron chi connectivity index (χ2n) is 3.44. The Kier molecular flexibility index (Phi) is 3.18. The van der Waals surface area contributed by atoms with Gasteiger partial charge in [0.05, 0.1) is 9.26 Å². The van der Waals surface area contributed by atoms with Crippen molar-refractivity contribution < 1.29 is 8.78 Å². The summed E-state index contributed by atoms with van der Waals surface area (Å²) in [6.07, 6.45) is 1.61. The Morgan fingerprint density at radius 1 is 1.19 bits per heavy atom. The molecular formula is C12H8F2IN. The maximum atomic E-state index is 13.8. The molecule has 1 nitrogen and oxygen atoms in total. The van der Waals surface area contributed by atoms with Crippen molar-refractivity contribution in [3.05, 3.63) is 51.2 Å². The number of benzene rings is 1. The molecule has 16 heavy (non-hydrogen) atoms. The van der Waals surface area contributed by atoms with E-state index in [1.54, 1.807) is 34.9 Å². The van der Waals surface area contributed by atoms with Crippen LogP contribution in [0.2, 0.25) is 0 Å². The van der Waals surface area contributed by atoms with E-state index in [1.807, 2.05) is 13.0 Å². The number of aryl methyl sites for hydroxylation is 1. The molecule has 2 aromatic rings.